The van der Waals surface area contributed by atoms with Crippen molar-refractivity contribution in [2.45, 2.75) is 31.8 Å². The number of aromatic carboxylic acids is 1. The molecule has 2 aromatic carbocycles. The molecule has 0 saturated carbocycles. The number of carbonyl (C=O) groups excluding carboxylic acids is 2. The van der Waals surface area contributed by atoms with Gasteiger partial charge < -0.3 is 24.5 Å². The molecule has 3 aromatic rings. The molecule has 176 valence electrons. The Morgan fingerprint density at radius 1 is 1.03 bits per heavy atom. The lowest BCUT2D eigenvalue weighted by Crippen LogP contribution is -2.38. The van der Waals surface area contributed by atoms with Crippen molar-refractivity contribution in [2.24, 2.45) is 0 Å². The Morgan fingerprint density at radius 3 is 2.24 bits per heavy atom. The van der Waals surface area contributed by atoms with Gasteiger partial charge in [-0.15, -0.1) is 0 Å². The summed E-state index contributed by atoms with van der Waals surface area (Å²) in [6.45, 7) is 2.05. The molecule has 34 heavy (non-hydrogen) atoms. The largest absolute Gasteiger partial charge is 0.475 e. The van der Waals surface area contributed by atoms with Crippen molar-refractivity contribution in [1.82, 2.24) is 10.2 Å². The number of fused-ring (bicyclic) bond motifs is 3. The third-order valence-corrected chi connectivity index (χ3v) is 5.88. The van der Waals surface area contributed by atoms with Crippen molar-refractivity contribution in [3.8, 4) is 11.1 Å². The van der Waals surface area contributed by atoms with E-state index in [1.54, 1.807) is 14.0 Å². The SMILES string of the molecule is CC(CC(=O)N(C)Cc1ccc(C(=O)O)o1)NC(=O)OCC1c2ccccc2-c2ccccc21. The Balaban J connectivity index is 1.28. The van der Waals surface area contributed by atoms with Gasteiger partial charge in [-0.05, 0) is 41.3 Å². The number of carboxylic acids is 1. The van der Waals surface area contributed by atoms with E-state index in [9.17, 15) is 14.4 Å². The minimum absolute atomic E-state index is 0.0368. The molecule has 1 heterocycles. The van der Waals surface area contributed by atoms with E-state index < -0.39 is 18.1 Å². The van der Waals surface area contributed by atoms with Crippen LogP contribution in [0.1, 0.15) is 46.7 Å². The molecule has 1 atom stereocenters. The lowest BCUT2D eigenvalue weighted by Gasteiger charge is -2.20. The van der Waals surface area contributed by atoms with Gasteiger partial charge in [0.2, 0.25) is 11.7 Å². The number of carboxylic acid groups (broad SMARTS) is 1. The molecule has 1 aliphatic carbocycles. The van der Waals surface area contributed by atoms with Gasteiger partial charge in [0.25, 0.3) is 0 Å². The fraction of sp³-hybridized carbons (Fsp3) is 0.269. The Labute approximate surface area is 197 Å². The lowest BCUT2D eigenvalue weighted by molar-refractivity contribution is -0.131. The Hall–Kier alpha value is -4.07. The maximum Gasteiger partial charge on any atom is 0.407 e. The van der Waals surface area contributed by atoms with Crippen LogP contribution >= 0.6 is 0 Å². The summed E-state index contributed by atoms with van der Waals surface area (Å²) < 4.78 is 10.7. The van der Waals surface area contributed by atoms with Gasteiger partial charge in [0.1, 0.15) is 12.4 Å². The van der Waals surface area contributed by atoms with Crippen molar-refractivity contribution in [2.75, 3.05) is 13.7 Å². The van der Waals surface area contributed by atoms with E-state index in [1.807, 2.05) is 24.3 Å². The zero-order valence-corrected chi connectivity index (χ0v) is 19.0. The van der Waals surface area contributed by atoms with Gasteiger partial charge in [0, 0.05) is 25.4 Å². The van der Waals surface area contributed by atoms with Crippen LogP contribution in [0.15, 0.2) is 65.1 Å². The van der Waals surface area contributed by atoms with Crippen LogP contribution < -0.4 is 5.32 Å². The fourth-order valence-electron chi connectivity index (χ4n) is 4.21. The average molecular weight is 463 g/mol. The number of alkyl carbamates (subject to hydrolysis) is 1. The molecule has 0 radical (unpaired) electrons. The summed E-state index contributed by atoms with van der Waals surface area (Å²) in [5.74, 6) is -1.24. The molecular weight excluding hydrogens is 436 g/mol. The van der Waals surface area contributed by atoms with Crippen LogP contribution in [-0.4, -0.2) is 47.7 Å². The predicted molar refractivity (Wildman–Crippen MR) is 124 cm³/mol. The van der Waals surface area contributed by atoms with Crippen molar-refractivity contribution < 1.29 is 28.6 Å². The first kappa shape index (κ1) is 23.1. The first-order chi connectivity index (χ1) is 16.3. The molecule has 1 aromatic heterocycles. The first-order valence-electron chi connectivity index (χ1n) is 11.0. The number of hydrogen-bond acceptors (Lipinski definition) is 5. The van der Waals surface area contributed by atoms with Crippen LogP contribution in [0.25, 0.3) is 11.1 Å². The van der Waals surface area contributed by atoms with Crippen molar-refractivity contribution >= 4 is 18.0 Å². The normalized spacial score (nSPS) is 13.0. The number of amides is 2. The van der Waals surface area contributed by atoms with E-state index in [-0.39, 0.29) is 37.2 Å². The highest BCUT2D eigenvalue weighted by molar-refractivity contribution is 5.84. The standard InChI is InChI=1S/C26H26N2O6/c1-16(13-24(29)28(2)14-17-11-12-23(34-17)25(30)31)27-26(32)33-15-22-20-9-5-3-7-18(20)19-8-4-6-10-21(19)22/h3-12,16,22H,13-15H2,1-2H3,(H,27,32)(H,30,31). The predicted octanol–water partition coefficient (Wildman–Crippen LogP) is 4.25. The third-order valence-electron chi connectivity index (χ3n) is 5.88. The molecule has 1 aliphatic rings. The zero-order chi connectivity index (χ0) is 24.2. The van der Waals surface area contributed by atoms with Gasteiger partial charge in [-0.1, -0.05) is 48.5 Å². The number of rotatable bonds is 8. The van der Waals surface area contributed by atoms with Crippen LogP contribution in [0.3, 0.4) is 0 Å². The van der Waals surface area contributed by atoms with Crippen LogP contribution in [0.4, 0.5) is 4.79 Å². The third kappa shape index (κ3) is 4.96. The number of nitrogens with zero attached hydrogens (tertiary/aromatic N) is 1. The first-order valence-corrected chi connectivity index (χ1v) is 11.0. The molecule has 8 heteroatoms. The number of hydrogen-bond donors (Lipinski definition) is 2. The Morgan fingerprint density at radius 2 is 1.65 bits per heavy atom. The summed E-state index contributed by atoms with van der Waals surface area (Å²) in [5, 5.41) is 11.6. The van der Waals surface area contributed by atoms with E-state index in [0.717, 1.165) is 22.3 Å². The molecule has 0 fully saturated rings. The summed E-state index contributed by atoms with van der Waals surface area (Å²) in [6.07, 6.45) is -0.519. The Kier molecular flexibility index (Phi) is 6.67. The van der Waals surface area contributed by atoms with Gasteiger partial charge in [-0.3, -0.25) is 4.79 Å². The second-order valence-corrected chi connectivity index (χ2v) is 8.40. The van der Waals surface area contributed by atoms with E-state index in [4.69, 9.17) is 14.3 Å². The average Bonchev–Trinajstić information content (AvgIpc) is 3.40. The highest BCUT2D eigenvalue weighted by atomic mass is 16.5. The quantitative estimate of drug-likeness (QED) is 0.518. The van der Waals surface area contributed by atoms with Crippen LogP contribution in [0.5, 0.6) is 0 Å². The van der Waals surface area contributed by atoms with E-state index in [0.29, 0.717) is 5.76 Å². The number of carbonyl (C=O) groups is 3. The molecule has 1 unspecified atom stereocenters. The van der Waals surface area contributed by atoms with Gasteiger partial charge in [0.15, 0.2) is 0 Å². The highest BCUT2D eigenvalue weighted by Gasteiger charge is 2.29. The molecule has 2 N–H and O–H groups in total. The van der Waals surface area contributed by atoms with Crippen LogP contribution in [0.2, 0.25) is 0 Å². The monoisotopic (exact) mass is 462 g/mol. The summed E-state index contributed by atoms with van der Waals surface area (Å²) in [6, 6.07) is 18.6. The second kappa shape index (κ2) is 9.82. The van der Waals surface area contributed by atoms with Crippen molar-refractivity contribution in [3.05, 3.63) is 83.3 Å². The molecule has 4 rings (SSSR count). The summed E-state index contributed by atoms with van der Waals surface area (Å²) >= 11 is 0. The van der Waals surface area contributed by atoms with Gasteiger partial charge in [-0.25, -0.2) is 9.59 Å². The van der Waals surface area contributed by atoms with Gasteiger partial charge in [-0.2, -0.15) is 0 Å². The molecule has 0 spiro atoms. The maximum absolute atomic E-state index is 12.5. The summed E-state index contributed by atoms with van der Waals surface area (Å²) in [7, 11) is 1.59. The topological polar surface area (TPSA) is 109 Å². The van der Waals surface area contributed by atoms with Gasteiger partial charge in [0.05, 0.1) is 6.54 Å². The molecular formula is C26H26N2O6. The molecule has 2 amide bonds. The molecule has 0 bridgehead atoms. The maximum atomic E-state index is 12.5. The minimum Gasteiger partial charge on any atom is -0.475 e. The van der Waals surface area contributed by atoms with Gasteiger partial charge >= 0.3 is 12.1 Å². The summed E-state index contributed by atoms with van der Waals surface area (Å²) in [5.41, 5.74) is 4.57. The summed E-state index contributed by atoms with van der Waals surface area (Å²) in [4.78, 5) is 37.2. The number of benzene rings is 2. The number of nitrogens with one attached hydrogen (secondary N) is 1. The minimum atomic E-state index is -1.17. The van der Waals surface area contributed by atoms with Crippen LogP contribution in [0, 0.1) is 0 Å². The van der Waals surface area contributed by atoms with Crippen molar-refractivity contribution in [3.63, 3.8) is 0 Å². The highest BCUT2D eigenvalue weighted by Crippen LogP contribution is 2.44. The van der Waals surface area contributed by atoms with Crippen LogP contribution in [-0.2, 0) is 16.1 Å². The number of furan rings is 1. The second-order valence-electron chi connectivity index (χ2n) is 8.40. The van der Waals surface area contributed by atoms with E-state index in [2.05, 4.69) is 29.6 Å². The van der Waals surface area contributed by atoms with E-state index in [1.165, 1.54) is 17.0 Å². The van der Waals surface area contributed by atoms with Crippen molar-refractivity contribution in [1.29, 1.82) is 0 Å². The Bertz CT molecular complexity index is 1170. The zero-order valence-electron chi connectivity index (χ0n) is 19.0. The number of ether oxygens (including phenoxy) is 1. The van der Waals surface area contributed by atoms with E-state index >= 15 is 0 Å². The molecule has 0 saturated heterocycles. The lowest BCUT2D eigenvalue weighted by atomic mass is 9.98. The fourth-order valence-corrected chi connectivity index (χ4v) is 4.21. The molecule has 8 nitrogen and oxygen atoms in total. The molecule has 0 aliphatic heterocycles. The smallest absolute Gasteiger partial charge is 0.407 e.